The Bertz CT molecular complexity index is 1080. The van der Waals surface area contributed by atoms with Gasteiger partial charge in [0.25, 0.3) is 0 Å². The molecule has 0 unspecified atom stereocenters. The Labute approximate surface area is 176 Å². The molecule has 0 saturated carbocycles. The van der Waals surface area contributed by atoms with Crippen molar-refractivity contribution in [3.05, 3.63) is 53.5 Å². The largest absolute Gasteiger partial charge is 0.634 e. The molecule has 1 fully saturated rings. The maximum atomic E-state index is 12.6. The Morgan fingerprint density at radius 3 is 2.53 bits per heavy atom. The SMILES string of the molecule is CC1(C)CC(NC(=O)OCc2ccnc3c2ccc2cccnc23)CC(C)(C)[NH+]1[O-]. The zero-order valence-corrected chi connectivity index (χ0v) is 17.9. The standard InChI is InChI=1S/C23H28N4O3/c1-22(2)12-17(13-23(3,4)27(22)29)26-21(28)30-14-16-9-11-25-20-18(16)8-7-15-6-5-10-24-19(15)20/h5-11,17,27H,12-14H2,1-4H3,(H,26,28). The summed E-state index contributed by atoms with van der Waals surface area (Å²) in [5.41, 5.74) is 1.58. The lowest BCUT2D eigenvalue weighted by molar-refractivity contribution is -0.955. The highest BCUT2D eigenvalue weighted by Crippen LogP contribution is 2.26. The van der Waals surface area contributed by atoms with E-state index < -0.39 is 17.2 Å². The summed E-state index contributed by atoms with van der Waals surface area (Å²) in [6, 6.07) is 9.64. The van der Waals surface area contributed by atoms with E-state index in [0.717, 1.165) is 27.4 Å². The van der Waals surface area contributed by atoms with Gasteiger partial charge in [0.05, 0.1) is 22.1 Å². The third-order valence-electron chi connectivity index (χ3n) is 6.00. The first-order valence-electron chi connectivity index (χ1n) is 10.3. The number of carbonyl (C=O) groups is 1. The van der Waals surface area contributed by atoms with E-state index in [9.17, 15) is 10.0 Å². The number of amides is 1. The van der Waals surface area contributed by atoms with Gasteiger partial charge in [-0.15, -0.1) is 0 Å². The number of fused-ring (bicyclic) bond motifs is 3. The number of pyridine rings is 2. The molecule has 3 heterocycles. The van der Waals surface area contributed by atoms with Gasteiger partial charge in [-0.3, -0.25) is 9.97 Å². The van der Waals surface area contributed by atoms with Crippen molar-refractivity contribution in [2.24, 2.45) is 0 Å². The molecule has 158 valence electrons. The molecular weight excluding hydrogens is 380 g/mol. The van der Waals surface area contributed by atoms with Crippen LogP contribution in [0.5, 0.6) is 0 Å². The molecular formula is C23H28N4O3. The van der Waals surface area contributed by atoms with Gasteiger partial charge in [-0.05, 0) is 39.8 Å². The summed E-state index contributed by atoms with van der Waals surface area (Å²) < 4.78 is 5.53. The summed E-state index contributed by atoms with van der Waals surface area (Å²) in [6.45, 7) is 7.91. The molecule has 2 N–H and O–H groups in total. The van der Waals surface area contributed by atoms with Gasteiger partial charge >= 0.3 is 6.09 Å². The highest BCUT2D eigenvalue weighted by molar-refractivity contribution is 6.03. The molecule has 0 bridgehead atoms. The van der Waals surface area contributed by atoms with Crippen molar-refractivity contribution < 1.29 is 14.6 Å². The number of aromatic nitrogens is 2. The number of hydrogen-bond acceptors (Lipinski definition) is 5. The monoisotopic (exact) mass is 408 g/mol. The second-order valence-corrected chi connectivity index (χ2v) is 9.43. The second kappa shape index (κ2) is 7.49. The average Bonchev–Trinajstić information content (AvgIpc) is 2.69. The van der Waals surface area contributed by atoms with E-state index in [2.05, 4.69) is 15.3 Å². The van der Waals surface area contributed by atoms with Crippen LogP contribution in [-0.2, 0) is 11.3 Å². The number of benzene rings is 1. The fourth-order valence-electron chi connectivity index (χ4n) is 4.80. The van der Waals surface area contributed by atoms with Crippen LogP contribution in [0.2, 0.25) is 0 Å². The first kappa shape index (κ1) is 20.5. The molecule has 0 aliphatic carbocycles. The second-order valence-electron chi connectivity index (χ2n) is 9.43. The van der Waals surface area contributed by atoms with Crippen molar-refractivity contribution in [1.29, 1.82) is 0 Å². The Balaban J connectivity index is 1.47. The van der Waals surface area contributed by atoms with Gasteiger partial charge in [0.2, 0.25) is 0 Å². The van der Waals surface area contributed by atoms with Gasteiger partial charge in [0.15, 0.2) is 0 Å². The highest BCUT2D eigenvalue weighted by atomic mass is 16.5. The van der Waals surface area contributed by atoms with Crippen molar-refractivity contribution in [2.45, 2.75) is 64.3 Å². The van der Waals surface area contributed by atoms with E-state index in [1.807, 2.05) is 58.0 Å². The fraction of sp³-hybridized carbons (Fsp3) is 0.435. The van der Waals surface area contributed by atoms with E-state index >= 15 is 0 Å². The number of hydroxylamine groups is 2. The van der Waals surface area contributed by atoms with Gasteiger partial charge in [0.1, 0.15) is 6.61 Å². The Morgan fingerprint density at radius 1 is 1.10 bits per heavy atom. The van der Waals surface area contributed by atoms with Gasteiger partial charge in [0, 0.05) is 47.6 Å². The van der Waals surface area contributed by atoms with E-state index in [1.54, 1.807) is 12.4 Å². The predicted molar refractivity (Wildman–Crippen MR) is 116 cm³/mol. The van der Waals surface area contributed by atoms with Crippen molar-refractivity contribution in [1.82, 2.24) is 15.3 Å². The molecule has 1 saturated heterocycles. The Kier molecular flexibility index (Phi) is 5.11. The number of piperidine rings is 1. The molecule has 7 nitrogen and oxygen atoms in total. The zero-order valence-electron chi connectivity index (χ0n) is 17.9. The number of quaternary nitrogens is 1. The Morgan fingerprint density at radius 2 is 1.80 bits per heavy atom. The van der Waals surface area contributed by atoms with Crippen LogP contribution in [-0.4, -0.2) is 33.2 Å². The molecule has 1 aliphatic rings. The minimum Gasteiger partial charge on any atom is -0.634 e. The summed E-state index contributed by atoms with van der Waals surface area (Å²) >= 11 is 0. The molecule has 0 radical (unpaired) electrons. The number of rotatable bonds is 3. The van der Waals surface area contributed by atoms with Gasteiger partial charge in [-0.25, -0.2) is 4.79 Å². The van der Waals surface area contributed by atoms with E-state index in [-0.39, 0.29) is 17.7 Å². The van der Waals surface area contributed by atoms with Crippen molar-refractivity contribution in [3.63, 3.8) is 0 Å². The first-order chi connectivity index (χ1) is 14.2. The van der Waals surface area contributed by atoms with E-state index in [0.29, 0.717) is 12.8 Å². The van der Waals surface area contributed by atoms with Crippen molar-refractivity contribution in [3.8, 4) is 0 Å². The van der Waals surface area contributed by atoms with Crippen LogP contribution in [0, 0.1) is 5.21 Å². The van der Waals surface area contributed by atoms with Gasteiger partial charge < -0.3 is 20.3 Å². The maximum absolute atomic E-state index is 12.6. The summed E-state index contributed by atoms with van der Waals surface area (Å²) in [5.74, 6) is 0. The average molecular weight is 409 g/mol. The van der Waals surface area contributed by atoms with Crippen LogP contribution in [0.3, 0.4) is 0 Å². The highest BCUT2D eigenvalue weighted by Gasteiger charge is 2.45. The third-order valence-corrected chi connectivity index (χ3v) is 6.00. The lowest BCUT2D eigenvalue weighted by Crippen LogP contribution is -3.23. The molecule has 4 rings (SSSR count). The lowest BCUT2D eigenvalue weighted by Gasteiger charge is -2.54. The van der Waals surface area contributed by atoms with Gasteiger partial charge in [-0.1, -0.05) is 18.2 Å². The minimum absolute atomic E-state index is 0.0949. The number of nitrogens with zero attached hydrogens (tertiary/aromatic N) is 2. The minimum atomic E-state index is -0.468. The molecule has 3 aromatic rings. The van der Waals surface area contributed by atoms with E-state index in [4.69, 9.17) is 4.74 Å². The number of hydrogen-bond donors (Lipinski definition) is 2. The summed E-state index contributed by atoms with van der Waals surface area (Å²) in [6.07, 6.45) is 4.22. The number of alkyl carbamates (subject to hydrolysis) is 1. The molecule has 1 aromatic carbocycles. The maximum Gasteiger partial charge on any atom is 0.407 e. The van der Waals surface area contributed by atoms with Crippen LogP contribution in [0.25, 0.3) is 21.8 Å². The Hall–Kier alpha value is -2.77. The molecule has 0 atom stereocenters. The van der Waals surface area contributed by atoms with Crippen LogP contribution in [0.1, 0.15) is 46.1 Å². The third kappa shape index (κ3) is 3.82. The topological polar surface area (TPSA) is 91.6 Å². The molecule has 30 heavy (non-hydrogen) atoms. The summed E-state index contributed by atoms with van der Waals surface area (Å²) in [5, 5.41) is 17.7. The van der Waals surface area contributed by atoms with Crippen molar-refractivity contribution in [2.75, 3.05) is 0 Å². The molecule has 7 heteroatoms. The molecule has 2 aromatic heterocycles. The van der Waals surface area contributed by atoms with Crippen molar-refractivity contribution >= 4 is 27.9 Å². The lowest BCUT2D eigenvalue weighted by atomic mass is 9.79. The molecule has 0 spiro atoms. The van der Waals surface area contributed by atoms with Crippen LogP contribution < -0.4 is 10.4 Å². The number of carbonyl (C=O) groups excluding carboxylic acids is 1. The van der Waals surface area contributed by atoms with Crippen LogP contribution in [0.4, 0.5) is 4.79 Å². The first-order valence-corrected chi connectivity index (χ1v) is 10.3. The summed E-state index contributed by atoms with van der Waals surface area (Å²) in [7, 11) is 0. The zero-order chi connectivity index (χ0) is 21.5. The normalized spacial score (nSPS) is 22.7. The van der Waals surface area contributed by atoms with E-state index in [1.165, 1.54) is 0 Å². The van der Waals surface area contributed by atoms with Crippen LogP contribution in [0.15, 0.2) is 42.7 Å². The quantitative estimate of drug-likeness (QED) is 0.513. The van der Waals surface area contributed by atoms with Crippen LogP contribution >= 0.6 is 0 Å². The molecule has 1 aliphatic heterocycles. The van der Waals surface area contributed by atoms with Gasteiger partial charge in [-0.2, -0.15) is 0 Å². The number of nitrogens with one attached hydrogen (secondary N) is 2. The predicted octanol–water partition coefficient (Wildman–Crippen LogP) is 3.11. The number of ether oxygens (including phenoxy) is 1. The molecule has 1 amide bonds. The smallest absolute Gasteiger partial charge is 0.407 e. The fourth-order valence-corrected chi connectivity index (χ4v) is 4.80. The summed E-state index contributed by atoms with van der Waals surface area (Å²) in [4.78, 5) is 21.4.